The van der Waals surface area contributed by atoms with Gasteiger partial charge in [-0.15, -0.1) is 0 Å². The van der Waals surface area contributed by atoms with Crippen LogP contribution in [0.25, 0.3) is 0 Å². The SMILES string of the molecule is COCCNC1CC(C2CC2)CN(c2ccc(C#N)c3c2NCN3)C1. The molecular formula is C19H27N5O. The van der Waals surface area contributed by atoms with Gasteiger partial charge < -0.3 is 25.6 Å². The maximum atomic E-state index is 9.34. The highest BCUT2D eigenvalue weighted by Crippen LogP contribution is 2.44. The van der Waals surface area contributed by atoms with Crippen molar-refractivity contribution in [2.45, 2.75) is 25.3 Å². The van der Waals surface area contributed by atoms with E-state index in [1.807, 2.05) is 6.07 Å². The van der Waals surface area contributed by atoms with Crippen LogP contribution in [0.5, 0.6) is 0 Å². The first-order chi connectivity index (χ1) is 12.3. The zero-order valence-electron chi connectivity index (χ0n) is 14.8. The molecule has 0 amide bonds. The predicted molar refractivity (Wildman–Crippen MR) is 100.0 cm³/mol. The summed E-state index contributed by atoms with van der Waals surface area (Å²) < 4.78 is 5.19. The van der Waals surface area contributed by atoms with Crippen LogP contribution in [-0.4, -0.2) is 46.1 Å². The first-order valence-corrected chi connectivity index (χ1v) is 9.32. The van der Waals surface area contributed by atoms with Gasteiger partial charge in [0.25, 0.3) is 0 Å². The molecule has 0 radical (unpaired) electrons. The Balaban J connectivity index is 1.56. The second-order valence-electron chi connectivity index (χ2n) is 7.41. The van der Waals surface area contributed by atoms with E-state index < -0.39 is 0 Å². The minimum Gasteiger partial charge on any atom is -0.383 e. The quantitative estimate of drug-likeness (QED) is 0.689. The van der Waals surface area contributed by atoms with E-state index in [0.29, 0.717) is 18.3 Å². The molecule has 3 aliphatic rings. The minimum absolute atomic E-state index is 0.496. The van der Waals surface area contributed by atoms with Crippen molar-refractivity contribution in [2.24, 2.45) is 11.8 Å². The van der Waals surface area contributed by atoms with Crippen LogP contribution in [-0.2, 0) is 4.74 Å². The van der Waals surface area contributed by atoms with E-state index in [1.54, 1.807) is 7.11 Å². The highest BCUT2D eigenvalue weighted by Gasteiger charge is 2.38. The third kappa shape index (κ3) is 3.39. The molecule has 1 aromatic rings. The van der Waals surface area contributed by atoms with Gasteiger partial charge in [-0.2, -0.15) is 5.26 Å². The van der Waals surface area contributed by atoms with Gasteiger partial charge in [0.2, 0.25) is 0 Å². The first kappa shape index (κ1) is 16.5. The lowest BCUT2D eigenvalue weighted by Gasteiger charge is -2.40. The molecule has 0 aromatic heterocycles. The van der Waals surface area contributed by atoms with Gasteiger partial charge in [0, 0.05) is 32.8 Å². The first-order valence-electron chi connectivity index (χ1n) is 9.32. The summed E-state index contributed by atoms with van der Waals surface area (Å²) in [5, 5.41) is 19.7. The molecule has 2 atom stereocenters. The second-order valence-corrected chi connectivity index (χ2v) is 7.41. The van der Waals surface area contributed by atoms with Crippen molar-refractivity contribution in [1.82, 2.24) is 5.32 Å². The number of rotatable bonds is 6. The van der Waals surface area contributed by atoms with Crippen molar-refractivity contribution in [2.75, 3.05) is 55.6 Å². The fourth-order valence-corrected chi connectivity index (χ4v) is 4.29. The Labute approximate surface area is 149 Å². The van der Waals surface area contributed by atoms with Crippen LogP contribution in [0.2, 0.25) is 0 Å². The van der Waals surface area contributed by atoms with E-state index in [9.17, 15) is 5.26 Å². The topological polar surface area (TPSA) is 72.3 Å². The van der Waals surface area contributed by atoms with Gasteiger partial charge in [-0.3, -0.25) is 0 Å². The summed E-state index contributed by atoms with van der Waals surface area (Å²) in [4.78, 5) is 2.51. The van der Waals surface area contributed by atoms with E-state index in [4.69, 9.17) is 4.74 Å². The molecule has 2 heterocycles. The van der Waals surface area contributed by atoms with Crippen molar-refractivity contribution in [1.29, 1.82) is 5.26 Å². The van der Waals surface area contributed by atoms with Crippen LogP contribution in [0.15, 0.2) is 12.1 Å². The summed E-state index contributed by atoms with van der Waals surface area (Å²) in [7, 11) is 1.75. The minimum atomic E-state index is 0.496. The van der Waals surface area contributed by atoms with Gasteiger partial charge >= 0.3 is 0 Å². The van der Waals surface area contributed by atoms with Gasteiger partial charge in [0.15, 0.2) is 0 Å². The Kier molecular flexibility index (Phi) is 4.69. The molecule has 1 aromatic carbocycles. The van der Waals surface area contributed by atoms with Gasteiger partial charge in [-0.25, -0.2) is 0 Å². The maximum Gasteiger partial charge on any atom is 0.101 e. The summed E-state index contributed by atoms with van der Waals surface area (Å²) in [5.41, 5.74) is 3.99. The Bertz CT molecular complexity index is 667. The van der Waals surface area contributed by atoms with Gasteiger partial charge in [-0.1, -0.05) is 0 Å². The number of ether oxygens (including phenoxy) is 1. The van der Waals surface area contributed by atoms with E-state index in [0.717, 1.165) is 49.5 Å². The largest absolute Gasteiger partial charge is 0.383 e. The molecule has 1 saturated carbocycles. The van der Waals surface area contributed by atoms with Crippen LogP contribution in [0, 0.1) is 23.2 Å². The lowest BCUT2D eigenvalue weighted by atomic mass is 9.89. The number of fused-ring (bicyclic) bond motifs is 1. The van der Waals surface area contributed by atoms with Crippen LogP contribution >= 0.6 is 0 Å². The van der Waals surface area contributed by atoms with Crippen LogP contribution in [0.1, 0.15) is 24.8 Å². The average molecular weight is 341 g/mol. The number of nitrogens with one attached hydrogen (secondary N) is 3. The summed E-state index contributed by atoms with van der Waals surface area (Å²) in [6, 6.07) is 6.84. The number of hydrogen-bond acceptors (Lipinski definition) is 6. The number of nitriles is 1. The van der Waals surface area contributed by atoms with E-state index >= 15 is 0 Å². The highest BCUT2D eigenvalue weighted by molar-refractivity contribution is 5.90. The molecule has 134 valence electrons. The summed E-state index contributed by atoms with van der Waals surface area (Å²) in [6.07, 6.45) is 4.03. The summed E-state index contributed by atoms with van der Waals surface area (Å²) in [5.74, 6) is 1.65. The molecule has 1 aliphatic carbocycles. The number of anilines is 3. The number of methoxy groups -OCH3 is 1. The van der Waals surface area contributed by atoms with Gasteiger partial charge in [-0.05, 0) is 43.2 Å². The number of nitrogens with zero attached hydrogens (tertiary/aromatic N) is 2. The Morgan fingerprint density at radius 1 is 1.24 bits per heavy atom. The normalized spacial score (nSPS) is 25.0. The van der Waals surface area contributed by atoms with Gasteiger partial charge in [0.05, 0.1) is 35.9 Å². The fraction of sp³-hybridized carbons (Fsp3) is 0.632. The standard InChI is InChI=1S/C19H27N5O/c1-25-7-6-21-16-8-15(13-2-3-13)10-24(11-16)17-5-4-14(9-20)18-19(17)23-12-22-18/h4-5,13,15-16,21-23H,2-3,6-8,10-12H2,1H3. The zero-order valence-corrected chi connectivity index (χ0v) is 14.8. The van der Waals surface area contributed by atoms with Crippen molar-refractivity contribution in [3.63, 3.8) is 0 Å². The molecule has 0 bridgehead atoms. The maximum absolute atomic E-state index is 9.34. The monoisotopic (exact) mass is 341 g/mol. The molecule has 3 N–H and O–H groups in total. The third-order valence-electron chi connectivity index (χ3n) is 5.69. The van der Waals surface area contributed by atoms with Crippen LogP contribution in [0.3, 0.4) is 0 Å². The Hall–Kier alpha value is -1.97. The van der Waals surface area contributed by atoms with Crippen LogP contribution < -0.4 is 20.9 Å². The second kappa shape index (κ2) is 7.11. The number of benzene rings is 1. The Morgan fingerprint density at radius 2 is 2.08 bits per heavy atom. The van der Waals surface area contributed by atoms with E-state index in [-0.39, 0.29) is 0 Å². The summed E-state index contributed by atoms with van der Waals surface area (Å²) >= 11 is 0. The molecule has 6 heteroatoms. The third-order valence-corrected chi connectivity index (χ3v) is 5.69. The molecular weight excluding hydrogens is 314 g/mol. The predicted octanol–water partition coefficient (Wildman–Crippen LogP) is 2.19. The lowest BCUT2D eigenvalue weighted by Crippen LogP contribution is -2.50. The van der Waals surface area contributed by atoms with Crippen LogP contribution in [0.4, 0.5) is 17.1 Å². The molecule has 2 fully saturated rings. The smallest absolute Gasteiger partial charge is 0.101 e. The number of hydrogen-bond donors (Lipinski definition) is 3. The summed E-state index contributed by atoms with van der Waals surface area (Å²) in [6.45, 7) is 4.47. The van der Waals surface area contributed by atoms with Crippen molar-refractivity contribution >= 4 is 17.1 Å². The Morgan fingerprint density at radius 3 is 2.84 bits per heavy atom. The highest BCUT2D eigenvalue weighted by atomic mass is 16.5. The van der Waals surface area contributed by atoms with Crippen molar-refractivity contribution < 1.29 is 4.74 Å². The fourth-order valence-electron chi connectivity index (χ4n) is 4.29. The van der Waals surface area contributed by atoms with E-state index in [1.165, 1.54) is 24.9 Å². The number of piperidine rings is 1. The zero-order chi connectivity index (χ0) is 17.2. The molecule has 4 rings (SSSR count). The lowest BCUT2D eigenvalue weighted by molar-refractivity contribution is 0.190. The molecule has 1 saturated heterocycles. The molecule has 2 unspecified atom stereocenters. The average Bonchev–Trinajstić information content (AvgIpc) is 3.38. The van der Waals surface area contributed by atoms with Gasteiger partial charge in [0.1, 0.15) is 6.07 Å². The van der Waals surface area contributed by atoms with E-state index in [2.05, 4.69) is 33.0 Å². The molecule has 25 heavy (non-hydrogen) atoms. The van der Waals surface area contributed by atoms with Crippen molar-refractivity contribution in [3.8, 4) is 6.07 Å². The van der Waals surface area contributed by atoms with Crippen molar-refractivity contribution in [3.05, 3.63) is 17.7 Å². The molecule has 2 aliphatic heterocycles. The molecule has 6 nitrogen and oxygen atoms in total. The molecule has 0 spiro atoms.